The Hall–Kier alpha value is 0.01000. The number of hydrogen-bond acceptors (Lipinski definition) is 3. The molecule has 1 nitrogen and oxygen atoms in total. The van der Waals surface area contributed by atoms with E-state index < -0.39 is 0 Å². The van der Waals surface area contributed by atoms with E-state index in [2.05, 4.69) is 0 Å². The second kappa shape index (κ2) is 2.81. The normalized spacial score (nSPS) is 23.4. The molecule has 0 aromatic carbocycles. The van der Waals surface area contributed by atoms with E-state index in [1.807, 2.05) is 11.4 Å². The van der Waals surface area contributed by atoms with E-state index >= 15 is 0 Å². The molecule has 0 amide bonds. The van der Waals surface area contributed by atoms with Gasteiger partial charge in [-0.3, -0.25) is 4.79 Å². The van der Waals surface area contributed by atoms with Crippen LogP contribution in [0.25, 0.3) is 0 Å². The molecule has 0 fully saturated rings. The molecule has 1 aliphatic rings. The van der Waals surface area contributed by atoms with Crippen LogP contribution in [-0.4, -0.2) is 10.5 Å². The number of fused-ring (bicyclic) bond motifs is 1. The highest BCUT2D eigenvalue weighted by molar-refractivity contribution is 8.03. The Morgan fingerprint density at radius 1 is 1.64 bits per heavy atom. The molecule has 2 rings (SSSR count). The van der Waals surface area contributed by atoms with Crippen LogP contribution in [0.1, 0.15) is 16.8 Å². The van der Waals surface area contributed by atoms with Crippen molar-refractivity contribution in [3.63, 3.8) is 0 Å². The lowest BCUT2D eigenvalue weighted by Gasteiger charge is -2.13. The zero-order chi connectivity index (χ0) is 7.84. The number of carbonyl (C=O) groups excluding carboxylic acids is 1. The van der Waals surface area contributed by atoms with Gasteiger partial charge < -0.3 is 0 Å². The van der Waals surface area contributed by atoms with Crippen LogP contribution in [0, 0.1) is 0 Å². The summed E-state index contributed by atoms with van der Waals surface area (Å²) in [5.74, 6) is 0.181. The third-order valence-corrected chi connectivity index (χ3v) is 4.07. The third-order valence-electron chi connectivity index (χ3n) is 1.51. The fraction of sp³-hybridized carbons (Fsp3) is 0.286. The number of thiophene rings is 1. The number of halogens is 1. The Kier molecular flexibility index (Phi) is 1.95. The first-order valence-corrected chi connectivity index (χ1v) is 5.38. The minimum Gasteiger partial charge on any atom is -0.294 e. The Balaban J connectivity index is 2.44. The summed E-state index contributed by atoms with van der Waals surface area (Å²) in [6.45, 7) is 0. The van der Waals surface area contributed by atoms with Gasteiger partial charge in [0.15, 0.2) is 5.78 Å². The van der Waals surface area contributed by atoms with Gasteiger partial charge in [0.25, 0.3) is 0 Å². The van der Waals surface area contributed by atoms with Crippen molar-refractivity contribution in [3.05, 3.63) is 17.0 Å². The van der Waals surface area contributed by atoms with Gasteiger partial charge in [-0.1, -0.05) is 11.8 Å². The molecule has 0 spiro atoms. The Morgan fingerprint density at radius 2 is 2.45 bits per heavy atom. The molecule has 0 saturated carbocycles. The van der Waals surface area contributed by atoms with E-state index in [0.29, 0.717) is 6.42 Å². The van der Waals surface area contributed by atoms with E-state index in [1.54, 1.807) is 23.1 Å². The van der Waals surface area contributed by atoms with E-state index in [-0.39, 0.29) is 10.5 Å². The van der Waals surface area contributed by atoms with Gasteiger partial charge in [0.2, 0.25) is 0 Å². The monoisotopic (exact) mass is 204 g/mol. The minimum absolute atomic E-state index is 0.0614. The smallest absolute Gasteiger partial charge is 0.167 e. The molecule has 0 aliphatic carbocycles. The minimum atomic E-state index is -0.0614. The molecule has 58 valence electrons. The molecular weight excluding hydrogens is 200 g/mol. The van der Waals surface area contributed by atoms with Crippen LogP contribution in [0.2, 0.25) is 0 Å². The van der Waals surface area contributed by atoms with Gasteiger partial charge in [-0.05, 0) is 11.4 Å². The van der Waals surface area contributed by atoms with Crippen molar-refractivity contribution in [1.29, 1.82) is 0 Å². The van der Waals surface area contributed by atoms with Gasteiger partial charge in [0, 0.05) is 12.0 Å². The van der Waals surface area contributed by atoms with E-state index in [1.165, 1.54) is 0 Å². The molecule has 0 N–H and O–H groups in total. The maximum Gasteiger partial charge on any atom is 0.167 e. The van der Waals surface area contributed by atoms with Crippen LogP contribution in [-0.2, 0) is 0 Å². The average Bonchev–Trinajstić information content (AvgIpc) is 2.34. The molecular formula is C7H5ClOS2. The second-order valence-electron chi connectivity index (χ2n) is 2.28. The number of alkyl halides is 1. The molecule has 1 aromatic rings. The molecule has 1 unspecified atom stereocenters. The average molecular weight is 205 g/mol. The summed E-state index contributed by atoms with van der Waals surface area (Å²) < 4.78 is 1.01. The zero-order valence-corrected chi connectivity index (χ0v) is 7.93. The predicted octanol–water partition coefficient (Wildman–Crippen LogP) is 2.99. The van der Waals surface area contributed by atoms with Crippen LogP contribution in [0.4, 0.5) is 0 Å². The van der Waals surface area contributed by atoms with Gasteiger partial charge in [-0.25, -0.2) is 0 Å². The Bertz CT molecular complexity index is 294. The molecule has 2 heterocycles. The first kappa shape index (κ1) is 7.65. The van der Waals surface area contributed by atoms with Crippen LogP contribution in [0.3, 0.4) is 0 Å². The van der Waals surface area contributed by atoms with Crippen molar-refractivity contribution < 1.29 is 4.79 Å². The van der Waals surface area contributed by atoms with Gasteiger partial charge in [0.1, 0.15) is 0 Å². The summed E-state index contributed by atoms with van der Waals surface area (Å²) in [6, 6.07) is 1.87. The molecule has 1 aromatic heterocycles. The van der Waals surface area contributed by atoms with Crippen molar-refractivity contribution in [2.45, 2.75) is 15.3 Å². The van der Waals surface area contributed by atoms with E-state index in [4.69, 9.17) is 11.6 Å². The summed E-state index contributed by atoms with van der Waals surface area (Å²) in [4.78, 5) is 11.3. The van der Waals surface area contributed by atoms with Gasteiger partial charge in [-0.15, -0.1) is 22.9 Å². The molecule has 1 atom stereocenters. The fourth-order valence-corrected chi connectivity index (χ4v) is 3.72. The maximum atomic E-state index is 11.3. The quantitative estimate of drug-likeness (QED) is 0.605. The van der Waals surface area contributed by atoms with Crippen molar-refractivity contribution in [1.82, 2.24) is 0 Å². The maximum absolute atomic E-state index is 11.3. The lowest BCUT2D eigenvalue weighted by atomic mass is 10.2. The largest absolute Gasteiger partial charge is 0.294 e. The molecule has 4 heteroatoms. The Labute approximate surface area is 77.7 Å². The highest BCUT2D eigenvalue weighted by Gasteiger charge is 2.24. The predicted molar refractivity (Wildman–Crippen MR) is 48.8 cm³/mol. The lowest BCUT2D eigenvalue weighted by Crippen LogP contribution is -2.10. The standard InChI is InChI=1S/C7H5ClOS2/c8-6-3-5(9)4-1-2-10-7(4)11-6/h1-2,6H,3H2. The third kappa shape index (κ3) is 1.33. The van der Waals surface area contributed by atoms with Crippen molar-refractivity contribution in [3.8, 4) is 0 Å². The SMILES string of the molecule is O=C1CC(Cl)Sc2sccc21. The van der Waals surface area contributed by atoms with Gasteiger partial charge >= 0.3 is 0 Å². The van der Waals surface area contributed by atoms with Crippen molar-refractivity contribution in [2.24, 2.45) is 0 Å². The number of rotatable bonds is 0. The fourth-order valence-electron chi connectivity index (χ4n) is 1.01. The number of ketones is 1. The van der Waals surface area contributed by atoms with Crippen molar-refractivity contribution >= 4 is 40.5 Å². The van der Waals surface area contributed by atoms with Crippen LogP contribution >= 0.6 is 34.7 Å². The second-order valence-corrected chi connectivity index (χ2v) is 5.45. The van der Waals surface area contributed by atoms with Crippen LogP contribution in [0.15, 0.2) is 15.7 Å². The summed E-state index contributed by atoms with van der Waals surface area (Å²) in [5.41, 5.74) is 0.858. The topological polar surface area (TPSA) is 17.1 Å². The number of thioether (sulfide) groups is 1. The summed E-state index contributed by atoms with van der Waals surface area (Å²) in [6.07, 6.45) is 0.468. The van der Waals surface area contributed by atoms with E-state index in [0.717, 1.165) is 9.77 Å². The highest BCUT2D eigenvalue weighted by Crippen LogP contribution is 2.40. The van der Waals surface area contributed by atoms with Crippen molar-refractivity contribution in [2.75, 3.05) is 0 Å². The first-order valence-electron chi connectivity index (χ1n) is 3.19. The number of carbonyl (C=O) groups is 1. The number of Topliss-reactive ketones (excluding diaryl/α,β-unsaturated/α-hetero) is 1. The Morgan fingerprint density at radius 3 is 3.27 bits per heavy atom. The van der Waals surface area contributed by atoms with Crippen LogP contribution < -0.4 is 0 Å². The highest BCUT2D eigenvalue weighted by atomic mass is 35.5. The van der Waals surface area contributed by atoms with Crippen LogP contribution in [0.5, 0.6) is 0 Å². The summed E-state index contributed by atoms with van der Waals surface area (Å²) in [7, 11) is 0. The lowest BCUT2D eigenvalue weighted by molar-refractivity contribution is 0.0983. The summed E-state index contributed by atoms with van der Waals surface area (Å²) >= 11 is 9.02. The molecule has 0 saturated heterocycles. The summed E-state index contributed by atoms with van der Waals surface area (Å²) in [5, 5.41) is 1.94. The molecule has 11 heavy (non-hydrogen) atoms. The van der Waals surface area contributed by atoms with E-state index in [9.17, 15) is 4.79 Å². The first-order chi connectivity index (χ1) is 5.27. The van der Waals surface area contributed by atoms with Gasteiger partial charge in [-0.2, -0.15) is 0 Å². The number of hydrogen-bond donors (Lipinski definition) is 0. The molecule has 0 bridgehead atoms. The molecule has 0 radical (unpaired) electrons. The zero-order valence-electron chi connectivity index (χ0n) is 5.54. The molecule has 1 aliphatic heterocycles. The van der Waals surface area contributed by atoms with Gasteiger partial charge in [0.05, 0.1) is 8.92 Å².